The van der Waals surface area contributed by atoms with Crippen LogP contribution < -0.4 is 16.4 Å². The van der Waals surface area contributed by atoms with Gasteiger partial charge in [0.1, 0.15) is 11.6 Å². The lowest BCUT2D eigenvalue weighted by Gasteiger charge is -2.31. The Morgan fingerprint density at radius 1 is 1.24 bits per heavy atom. The number of nitrogens with zero attached hydrogens (tertiary/aromatic N) is 5. The van der Waals surface area contributed by atoms with Crippen LogP contribution in [-0.2, 0) is 24.4 Å². The third-order valence-corrected chi connectivity index (χ3v) is 6.28. The summed E-state index contributed by atoms with van der Waals surface area (Å²) in [5.74, 6) is 2.34. The number of aromatic nitrogens is 3. The van der Waals surface area contributed by atoms with Crippen molar-refractivity contribution in [1.29, 1.82) is 0 Å². The molecule has 3 heterocycles. The molecule has 1 aromatic heterocycles. The molecule has 10 heteroatoms. The number of piperidine rings is 1. The van der Waals surface area contributed by atoms with Crippen LogP contribution in [0.3, 0.4) is 0 Å². The Labute approximate surface area is 212 Å². The second kappa shape index (κ2) is 11.8. The van der Waals surface area contributed by atoms with Crippen molar-refractivity contribution in [2.24, 2.45) is 16.6 Å². The molecule has 2 atom stereocenters. The molecular weight excluding hydrogens is 531 g/mol. The van der Waals surface area contributed by atoms with Gasteiger partial charge in [0, 0.05) is 33.2 Å². The second-order valence-corrected chi connectivity index (χ2v) is 8.80. The van der Waals surface area contributed by atoms with Gasteiger partial charge in [-0.25, -0.2) is 9.67 Å². The van der Waals surface area contributed by atoms with E-state index in [1.54, 1.807) is 7.05 Å². The Morgan fingerprint density at radius 3 is 2.82 bits per heavy atom. The lowest BCUT2D eigenvalue weighted by Crippen LogP contribution is -2.41. The van der Waals surface area contributed by atoms with Gasteiger partial charge in [-0.3, -0.25) is 14.7 Å². The number of guanidine groups is 1. The summed E-state index contributed by atoms with van der Waals surface area (Å²) in [6.07, 6.45) is 4.00. The Morgan fingerprint density at radius 2 is 2.03 bits per heavy atom. The topological polar surface area (TPSA) is 113 Å². The van der Waals surface area contributed by atoms with Crippen molar-refractivity contribution in [3.8, 4) is 0 Å². The highest BCUT2D eigenvalue weighted by Crippen LogP contribution is 2.23. The molecule has 0 saturated carbocycles. The molecule has 1 saturated heterocycles. The van der Waals surface area contributed by atoms with Crippen molar-refractivity contribution in [2.75, 3.05) is 20.1 Å². The molecule has 2 aromatic rings. The molecule has 33 heavy (non-hydrogen) atoms. The summed E-state index contributed by atoms with van der Waals surface area (Å²) in [5.41, 5.74) is 7.96. The number of primary amides is 1. The number of carbonyl (C=O) groups excluding carboxylic acids is 1. The van der Waals surface area contributed by atoms with Crippen LogP contribution in [0.2, 0.25) is 0 Å². The van der Waals surface area contributed by atoms with Gasteiger partial charge in [-0.2, -0.15) is 5.10 Å². The maximum Gasteiger partial charge on any atom is 0.221 e. The third-order valence-electron chi connectivity index (χ3n) is 6.28. The fraction of sp³-hybridized carbons (Fsp3) is 0.565. The largest absolute Gasteiger partial charge is 0.369 e. The fourth-order valence-electron chi connectivity index (χ4n) is 4.68. The maximum atomic E-state index is 11.6. The van der Waals surface area contributed by atoms with E-state index in [4.69, 9.17) is 5.73 Å². The second-order valence-electron chi connectivity index (χ2n) is 8.80. The van der Waals surface area contributed by atoms with Crippen LogP contribution in [0.15, 0.2) is 29.3 Å². The number of aliphatic imine (C=N–C) groups is 1. The lowest BCUT2D eigenvalue weighted by atomic mass is 9.97. The van der Waals surface area contributed by atoms with E-state index in [-0.39, 0.29) is 41.8 Å². The third kappa shape index (κ3) is 6.66. The zero-order valence-corrected chi connectivity index (χ0v) is 21.8. The van der Waals surface area contributed by atoms with E-state index in [0.717, 1.165) is 69.5 Å². The SMILES string of the molecule is CN=C(NCc1cccc(CN2CCCC(C(N)=O)C2)c1)NC1CCCn2nc(C)nc21.I. The van der Waals surface area contributed by atoms with Gasteiger partial charge in [0.25, 0.3) is 0 Å². The number of carbonyl (C=O) groups is 1. The minimum Gasteiger partial charge on any atom is -0.369 e. The van der Waals surface area contributed by atoms with E-state index in [9.17, 15) is 4.79 Å². The Bertz CT molecular complexity index is 975. The first-order chi connectivity index (χ1) is 15.5. The fourth-order valence-corrected chi connectivity index (χ4v) is 4.68. The number of likely N-dealkylation sites (tertiary alicyclic amines) is 1. The highest BCUT2D eigenvalue weighted by molar-refractivity contribution is 14.0. The van der Waals surface area contributed by atoms with Crippen LogP contribution in [0.25, 0.3) is 0 Å². The summed E-state index contributed by atoms with van der Waals surface area (Å²) in [4.78, 5) is 22.9. The molecule has 0 radical (unpaired) electrons. The van der Waals surface area contributed by atoms with Gasteiger partial charge in [0.2, 0.25) is 5.91 Å². The van der Waals surface area contributed by atoms with Gasteiger partial charge >= 0.3 is 0 Å². The Balaban J connectivity index is 0.00000306. The molecular formula is C23H35IN8O. The molecule has 1 amide bonds. The number of rotatable bonds is 6. The zero-order chi connectivity index (χ0) is 22.5. The maximum absolute atomic E-state index is 11.6. The van der Waals surface area contributed by atoms with Crippen LogP contribution in [-0.4, -0.2) is 51.7 Å². The summed E-state index contributed by atoms with van der Waals surface area (Å²) in [5, 5.41) is 11.4. The average molecular weight is 566 g/mol. The summed E-state index contributed by atoms with van der Waals surface area (Å²) in [7, 11) is 1.79. The molecule has 2 unspecified atom stereocenters. The highest BCUT2D eigenvalue weighted by Gasteiger charge is 2.25. The van der Waals surface area contributed by atoms with Crippen molar-refractivity contribution < 1.29 is 4.79 Å². The van der Waals surface area contributed by atoms with Crippen LogP contribution >= 0.6 is 24.0 Å². The van der Waals surface area contributed by atoms with Crippen LogP contribution in [0, 0.1) is 12.8 Å². The van der Waals surface area contributed by atoms with Gasteiger partial charge in [-0.05, 0) is 50.3 Å². The normalized spacial score (nSPS) is 21.1. The highest BCUT2D eigenvalue weighted by atomic mass is 127. The summed E-state index contributed by atoms with van der Waals surface area (Å²) in [6, 6.07) is 8.67. The number of amides is 1. The van der Waals surface area contributed by atoms with Gasteiger partial charge in [-0.15, -0.1) is 24.0 Å². The monoisotopic (exact) mass is 566 g/mol. The standard InChI is InChI=1S/C23H34N8O.HI/c1-16-27-22-20(9-5-11-31(22)29-16)28-23(25-2)26-13-17-6-3-7-18(12-17)14-30-10-4-8-19(15-30)21(24)32;/h3,6-7,12,19-20H,4-5,8-11,13-15H2,1-2H3,(H2,24,32)(H2,25,26,28);1H. The van der Waals surface area contributed by atoms with Gasteiger partial charge < -0.3 is 16.4 Å². The molecule has 180 valence electrons. The molecule has 0 spiro atoms. The van der Waals surface area contributed by atoms with Gasteiger partial charge in [0.15, 0.2) is 5.96 Å². The Hall–Kier alpha value is -2.21. The predicted molar refractivity (Wildman–Crippen MR) is 139 cm³/mol. The first-order valence-corrected chi connectivity index (χ1v) is 11.5. The van der Waals surface area contributed by atoms with Gasteiger partial charge in [-0.1, -0.05) is 24.3 Å². The molecule has 4 N–H and O–H groups in total. The van der Waals surface area contributed by atoms with E-state index < -0.39 is 0 Å². The number of hydrogen-bond acceptors (Lipinski definition) is 5. The van der Waals surface area contributed by atoms with Gasteiger partial charge in [0.05, 0.1) is 12.0 Å². The van der Waals surface area contributed by atoms with Crippen molar-refractivity contribution in [3.63, 3.8) is 0 Å². The van der Waals surface area contributed by atoms with E-state index >= 15 is 0 Å². The first kappa shape index (κ1) is 25.4. The summed E-state index contributed by atoms with van der Waals surface area (Å²) >= 11 is 0. The van der Waals surface area contributed by atoms with E-state index in [2.05, 4.69) is 54.9 Å². The van der Waals surface area contributed by atoms with E-state index in [0.29, 0.717) is 6.54 Å². The van der Waals surface area contributed by atoms with Crippen molar-refractivity contribution >= 4 is 35.8 Å². The quantitative estimate of drug-likeness (QED) is 0.281. The van der Waals surface area contributed by atoms with Crippen molar-refractivity contribution in [1.82, 2.24) is 30.3 Å². The summed E-state index contributed by atoms with van der Waals surface area (Å²) in [6.45, 7) is 6.12. The minimum atomic E-state index is -0.182. The summed E-state index contributed by atoms with van der Waals surface area (Å²) < 4.78 is 2.00. The Kier molecular flexibility index (Phi) is 9.07. The van der Waals surface area contributed by atoms with Crippen LogP contribution in [0.4, 0.5) is 0 Å². The molecule has 2 aliphatic heterocycles. The number of nitrogens with one attached hydrogen (secondary N) is 2. The molecule has 0 bridgehead atoms. The number of hydrogen-bond donors (Lipinski definition) is 3. The first-order valence-electron chi connectivity index (χ1n) is 11.5. The number of fused-ring (bicyclic) bond motifs is 1. The predicted octanol–water partition coefficient (Wildman–Crippen LogP) is 2.10. The number of aryl methyl sites for hydroxylation is 2. The van der Waals surface area contributed by atoms with Crippen molar-refractivity contribution in [2.45, 2.75) is 58.3 Å². The van der Waals surface area contributed by atoms with Crippen LogP contribution in [0.5, 0.6) is 0 Å². The molecule has 4 rings (SSSR count). The molecule has 2 aliphatic rings. The smallest absolute Gasteiger partial charge is 0.221 e. The van der Waals surface area contributed by atoms with Crippen molar-refractivity contribution in [3.05, 3.63) is 47.0 Å². The number of benzene rings is 1. The number of nitrogens with two attached hydrogens (primary N) is 1. The lowest BCUT2D eigenvalue weighted by molar-refractivity contribution is -0.123. The van der Waals surface area contributed by atoms with E-state index in [1.165, 1.54) is 11.1 Å². The van der Waals surface area contributed by atoms with E-state index in [1.807, 2.05) is 11.6 Å². The molecule has 0 aliphatic carbocycles. The average Bonchev–Trinajstić information content (AvgIpc) is 3.18. The molecule has 9 nitrogen and oxygen atoms in total. The molecule has 1 aromatic carbocycles. The number of halogens is 1. The zero-order valence-electron chi connectivity index (χ0n) is 19.5. The minimum absolute atomic E-state index is 0. The molecule has 1 fully saturated rings. The van der Waals surface area contributed by atoms with Crippen LogP contribution in [0.1, 0.15) is 54.5 Å².